The van der Waals surface area contributed by atoms with Gasteiger partial charge in [0.2, 0.25) is 0 Å². The third kappa shape index (κ3) is 3.21. The first kappa shape index (κ1) is 14.4. The highest BCUT2D eigenvalue weighted by Gasteiger charge is 2.27. The van der Waals surface area contributed by atoms with Crippen molar-refractivity contribution >= 4 is 5.78 Å². The highest BCUT2D eigenvalue weighted by molar-refractivity contribution is 5.98. The third-order valence-electron chi connectivity index (χ3n) is 4.58. The van der Waals surface area contributed by atoms with Crippen LogP contribution in [-0.4, -0.2) is 25.5 Å². The number of hydrogen-bond donors (Lipinski definition) is 1. The van der Waals surface area contributed by atoms with Crippen molar-refractivity contribution in [1.82, 2.24) is 0 Å². The fourth-order valence-electron chi connectivity index (χ4n) is 3.21. The van der Waals surface area contributed by atoms with Gasteiger partial charge in [0, 0.05) is 17.9 Å². The highest BCUT2D eigenvalue weighted by Crippen LogP contribution is 2.34. The van der Waals surface area contributed by atoms with E-state index >= 15 is 0 Å². The lowest BCUT2D eigenvalue weighted by Gasteiger charge is -2.26. The van der Waals surface area contributed by atoms with E-state index in [4.69, 9.17) is 15.2 Å². The van der Waals surface area contributed by atoms with Crippen LogP contribution in [-0.2, 0) is 0 Å². The zero-order valence-corrected chi connectivity index (χ0v) is 12.3. The number of carbonyl (C=O) groups excluding carboxylic acids is 1. The molecule has 2 aliphatic rings. The van der Waals surface area contributed by atoms with Gasteiger partial charge in [-0.15, -0.1) is 0 Å². The monoisotopic (exact) mass is 289 g/mol. The van der Waals surface area contributed by atoms with E-state index in [2.05, 4.69) is 0 Å². The molecule has 3 rings (SSSR count). The summed E-state index contributed by atoms with van der Waals surface area (Å²) in [6.45, 7) is 2.06. The summed E-state index contributed by atoms with van der Waals surface area (Å²) in [7, 11) is 0. The number of Topliss-reactive ketones (excluding diaryl/α,β-unsaturated/α-hetero) is 1. The summed E-state index contributed by atoms with van der Waals surface area (Å²) in [6, 6.07) is 5.57. The summed E-state index contributed by atoms with van der Waals surface area (Å²) in [5.74, 6) is 2.42. The lowest BCUT2D eigenvalue weighted by atomic mass is 9.78. The van der Waals surface area contributed by atoms with E-state index in [-0.39, 0.29) is 11.7 Å². The van der Waals surface area contributed by atoms with Crippen LogP contribution >= 0.6 is 0 Å². The number of ether oxygens (including phenoxy) is 2. The van der Waals surface area contributed by atoms with E-state index < -0.39 is 0 Å². The van der Waals surface area contributed by atoms with Crippen LogP contribution in [0.3, 0.4) is 0 Å². The van der Waals surface area contributed by atoms with Gasteiger partial charge in [-0.3, -0.25) is 4.79 Å². The quantitative estimate of drug-likeness (QED) is 0.869. The maximum Gasteiger partial charge on any atom is 0.166 e. The minimum absolute atomic E-state index is 0.137. The number of ketones is 1. The molecule has 0 aromatic heterocycles. The molecule has 4 nitrogen and oxygen atoms in total. The molecule has 2 N–H and O–H groups in total. The van der Waals surface area contributed by atoms with Crippen molar-refractivity contribution in [2.24, 2.45) is 17.6 Å². The molecular weight excluding hydrogens is 266 g/mol. The number of fused-ring (bicyclic) bond motifs is 1. The lowest BCUT2D eigenvalue weighted by Crippen LogP contribution is -2.25. The van der Waals surface area contributed by atoms with E-state index in [0.29, 0.717) is 24.9 Å². The zero-order valence-electron chi connectivity index (χ0n) is 12.3. The lowest BCUT2D eigenvalue weighted by molar-refractivity contribution is 0.0873. The topological polar surface area (TPSA) is 61.6 Å². The minimum atomic E-state index is 0.137. The maximum atomic E-state index is 12.6. The number of benzene rings is 1. The summed E-state index contributed by atoms with van der Waals surface area (Å²) in [5, 5.41) is 0. The average Bonchev–Trinajstić information content (AvgIpc) is 2.79. The Morgan fingerprint density at radius 3 is 2.52 bits per heavy atom. The molecule has 0 spiro atoms. The van der Waals surface area contributed by atoms with Gasteiger partial charge in [-0.2, -0.15) is 0 Å². The van der Waals surface area contributed by atoms with Gasteiger partial charge < -0.3 is 15.2 Å². The van der Waals surface area contributed by atoms with Crippen molar-refractivity contribution in [2.45, 2.75) is 32.1 Å². The van der Waals surface area contributed by atoms with Crippen molar-refractivity contribution in [3.63, 3.8) is 0 Å². The normalized spacial score (nSPS) is 25.2. The Morgan fingerprint density at radius 2 is 1.81 bits per heavy atom. The number of hydrogen-bond acceptors (Lipinski definition) is 4. The first-order chi connectivity index (χ1) is 10.3. The fourth-order valence-corrected chi connectivity index (χ4v) is 3.21. The average molecular weight is 289 g/mol. The second kappa shape index (κ2) is 6.48. The fraction of sp³-hybridized carbons (Fsp3) is 0.588. The second-order valence-electron chi connectivity index (χ2n) is 6.03. The summed E-state index contributed by atoms with van der Waals surface area (Å²) < 4.78 is 11.3. The van der Waals surface area contributed by atoms with E-state index in [0.717, 1.165) is 50.0 Å². The summed E-state index contributed by atoms with van der Waals surface area (Å²) in [5.41, 5.74) is 6.46. The Bertz CT molecular complexity index is 507. The Kier molecular flexibility index (Phi) is 4.44. The van der Waals surface area contributed by atoms with Crippen molar-refractivity contribution in [3.8, 4) is 11.5 Å². The summed E-state index contributed by atoms with van der Waals surface area (Å²) >= 11 is 0. The van der Waals surface area contributed by atoms with Crippen molar-refractivity contribution in [3.05, 3.63) is 23.8 Å². The van der Waals surface area contributed by atoms with Gasteiger partial charge in [-0.1, -0.05) is 0 Å². The molecule has 0 unspecified atom stereocenters. The van der Waals surface area contributed by atoms with E-state index in [9.17, 15) is 4.79 Å². The Labute approximate surface area is 125 Å². The number of rotatable bonds is 3. The standard InChI is InChI=1S/C17H23NO3/c18-11-12-2-4-13(5-3-12)17(19)14-6-7-15-16(10-14)21-9-1-8-20-15/h6-7,10,12-13H,1-5,8-9,11,18H2. The molecule has 0 radical (unpaired) electrons. The van der Waals surface area contributed by atoms with Crippen molar-refractivity contribution < 1.29 is 14.3 Å². The molecule has 1 aliphatic carbocycles. The SMILES string of the molecule is NCC1CCC(C(=O)c2ccc3c(c2)OCCCO3)CC1. The van der Waals surface area contributed by atoms with Gasteiger partial charge in [0.05, 0.1) is 13.2 Å². The Morgan fingerprint density at radius 1 is 1.10 bits per heavy atom. The summed E-state index contributed by atoms with van der Waals surface area (Å²) in [4.78, 5) is 12.6. The van der Waals surface area contributed by atoms with Gasteiger partial charge in [0.25, 0.3) is 0 Å². The molecule has 4 heteroatoms. The van der Waals surface area contributed by atoms with E-state index in [1.54, 1.807) is 0 Å². The first-order valence-electron chi connectivity index (χ1n) is 7.92. The largest absolute Gasteiger partial charge is 0.490 e. The van der Waals surface area contributed by atoms with Crippen LogP contribution < -0.4 is 15.2 Å². The second-order valence-corrected chi connectivity index (χ2v) is 6.03. The van der Waals surface area contributed by atoms with Gasteiger partial charge in [-0.05, 0) is 56.3 Å². The predicted octanol–water partition coefficient (Wildman–Crippen LogP) is 2.80. The predicted molar refractivity (Wildman–Crippen MR) is 80.9 cm³/mol. The molecule has 114 valence electrons. The van der Waals surface area contributed by atoms with Crippen LogP contribution in [0.4, 0.5) is 0 Å². The molecule has 0 saturated heterocycles. The van der Waals surface area contributed by atoms with Crippen LogP contribution in [0, 0.1) is 11.8 Å². The molecule has 1 aromatic rings. The molecule has 1 fully saturated rings. The van der Waals surface area contributed by atoms with Crippen LogP contribution in [0.25, 0.3) is 0 Å². The Hall–Kier alpha value is -1.55. The van der Waals surface area contributed by atoms with Gasteiger partial charge in [0.1, 0.15) is 0 Å². The molecule has 1 heterocycles. The molecule has 1 aliphatic heterocycles. The van der Waals surface area contributed by atoms with E-state index in [1.165, 1.54) is 0 Å². The van der Waals surface area contributed by atoms with Crippen LogP contribution in [0.5, 0.6) is 11.5 Å². The first-order valence-corrected chi connectivity index (χ1v) is 7.92. The van der Waals surface area contributed by atoms with Gasteiger partial charge >= 0.3 is 0 Å². The molecule has 0 bridgehead atoms. The summed E-state index contributed by atoms with van der Waals surface area (Å²) in [6.07, 6.45) is 4.92. The van der Waals surface area contributed by atoms with Gasteiger partial charge in [-0.25, -0.2) is 0 Å². The molecule has 0 atom stereocenters. The molecule has 0 amide bonds. The number of carbonyl (C=O) groups is 1. The minimum Gasteiger partial charge on any atom is -0.490 e. The van der Waals surface area contributed by atoms with E-state index in [1.807, 2.05) is 18.2 Å². The van der Waals surface area contributed by atoms with Crippen LogP contribution in [0.2, 0.25) is 0 Å². The smallest absolute Gasteiger partial charge is 0.166 e. The van der Waals surface area contributed by atoms with Crippen LogP contribution in [0.1, 0.15) is 42.5 Å². The third-order valence-corrected chi connectivity index (χ3v) is 4.58. The maximum absolute atomic E-state index is 12.6. The van der Waals surface area contributed by atoms with Crippen molar-refractivity contribution in [1.29, 1.82) is 0 Å². The highest BCUT2D eigenvalue weighted by atomic mass is 16.5. The molecule has 1 aromatic carbocycles. The number of nitrogens with two attached hydrogens (primary N) is 1. The molecule has 1 saturated carbocycles. The molecular formula is C17H23NO3. The van der Waals surface area contributed by atoms with Gasteiger partial charge in [0.15, 0.2) is 17.3 Å². The van der Waals surface area contributed by atoms with Crippen LogP contribution in [0.15, 0.2) is 18.2 Å². The van der Waals surface area contributed by atoms with Crippen molar-refractivity contribution in [2.75, 3.05) is 19.8 Å². The zero-order chi connectivity index (χ0) is 14.7. The molecule has 21 heavy (non-hydrogen) atoms. The Balaban J connectivity index is 1.72.